The lowest BCUT2D eigenvalue weighted by Crippen LogP contribution is -2.37. The lowest BCUT2D eigenvalue weighted by Gasteiger charge is -2.23. The Morgan fingerprint density at radius 2 is 2.06 bits per heavy atom. The van der Waals surface area contributed by atoms with Crippen LogP contribution in [0.2, 0.25) is 0 Å². The van der Waals surface area contributed by atoms with E-state index in [1.165, 1.54) is 0 Å². The van der Waals surface area contributed by atoms with Crippen molar-refractivity contribution in [2.24, 2.45) is 0 Å². The van der Waals surface area contributed by atoms with Crippen LogP contribution in [-0.4, -0.2) is 42.1 Å². The highest BCUT2D eigenvalue weighted by Gasteiger charge is 2.22. The van der Waals surface area contributed by atoms with E-state index >= 15 is 0 Å². The van der Waals surface area contributed by atoms with Gasteiger partial charge in [-0.3, -0.25) is 0 Å². The van der Waals surface area contributed by atoms with Gasteiger partial charge in [0.2, 0.25) is 0 Å². The fourth-order valence-corrected chi connectivity index (χ4v) is 3.73. The average molecular weight is 271 g/mol. The Balaban J connectivity index is 1.54. The van der Waals surface area contributed by atoms with Crippen molar-refractivity contribution >= 4 is 9.84 Å². The quantitative estimate of drug-likeness (QED) is 0.778. The van der Waals surface area contributed by atoms with E-state index in [0.717, 1.165) is 38.8 Å². The highest BCUT2D eigenvalue weighted by Crippen LogP contribution is 2.12. The lowest BCUT2D eigenvalue weighted by atomic mass is 10.1. The molecule has 1 aliphatic rings. The number of nitrogens with zero attached hydrogens (tertiary/aromatic N) is 2. The highest BCUT2D eigenvalue weighted by molar-refractivity contribution is 7.91. The maximum atomic E-state index is 11.3. The molecule has 0 radical (unpaired) electrons. The van der Waals surface area contributed by atoms with Crippen molar-refractivity contribution < 1.29 is 8.42 Å². The third kappa shape index (κ3) is 4.42. The molecule has 0 unspecified atom stereocenters. The number of nitrogens with one attached hydrogen (secondary N) is 1. The predicted molar refractivity (Wildman–Crippen MR) is 71.1 cm³/mol. The van der Waals surface area contributed by atoms with Gasteiger partial charge in [-0.1, -0.05) is 0 Å². The molecule has 18 heavy (non-hydrogen) atoms. The van der Waals surface area contributed by atoms with Gasteiger partial charge >= 0.3 is 0 Å². The topological polar surface area (TPSA) is 64.0 Å². The van der Waals surface area contributed by atoms with Crippen LogP contribution in [0, 0.1) is 0 Å². The van der Waals surface area contributed by atoms with Crippen molar-refractivity contribution in [3.05, 3.63) is 18.7 Å². The van der Waals surface area contributed by atoms with Gasteiger partial charge in [-0.15, -0.1) is 0 Å². The van der Waals surface area contributed by atoms with Crippen molar-refractivity contribution in [3.8, 4) is 0 Å². The summed E-state index contributed by atoms with van der Waals surface area (Å²) in [7, 11) is -2.73. The molecule has 1 fully saturated rings. The number of aromatic nitrogens is 2. The number of rotatable bonds is 6. The molecule has 0 bridgehead atoms. The van der Waals surface area contributed by atoms with Gasteiger partial charge in [0.05, 0.1) is 17.8 Å². The largest absolute Gasteiger partial charge is 0.337 e. The van der Waals surface area contributed by atoms with Crippen LogP contribution in [-0.2, 0) is 16.4 Å². The smallest absolute Gasteiger partial charge is 0.150 e. The molecule has 0 saturated carbocycles. The highest BCUT2D eigenvalue weighted by atomic mass is 32.2. The van der Waals surface area contributed by atoms with E-state index in [1.807, 2.05) is 12.5 Å². The van der Waals surface area contributed by atoms with Gasteiger partial charge in [-0.25, -0.2) is 13.4 Å². The Kier molecular flexibility index (Phi) is 4.77. The molecule has 0 aromatic carbocycles. The molecule has 1 aromatic heterocycles. The van der Waals surface area contributed by atoms with Crippen molar-refractivity contribution in [1.29, 1.82) is 0 Å². The first-order valence-electron chi connectivity index (χ1n) is 6.55. The fraction of sp³-hybridized carbons (Fsp3) is 0.750. The van der Waals surface area contributed by atoms with Gasteiger partial charge < -0.3 is 9.88 Å². The molecule has 0 amide bonds. The lowest BCUT2D eigenvalue weighted by molar-refractivity contribution is 0.450. The summed E-state index contributed by atoms with van der Waals surface area (Å²) in [5, 5.41) is 3.45. The maximum absolute atomic E-state index is 11.3. The van der Waals surface area contributed by atoms with Crippen molar-refractivity contribution in [3.63, 3.8) is 0 Å². The molecule has 6 heteroatoms. The minimum Gasteiger partial charge on any atom is -0.337 e. The number of aryl methyl sites for hydroxylation is 1. The monoisotopic (exact) mass is 271 g/mol. The van der Waals surface area contributed by atoms with Gasteiger partial charge in [0, 0.05) is 25.0 Å². The third-order valence-corrected chi connectivity index (χ3v) is 5.11. The van der Waals surface area contributed by atoms with E-state index in [4.69, 9.17) is 0 Å². The summed E-state index contributed by atoms with van der Waals surface area (Å²) in [6.45, 7) is 1.97. The molecular formula is C12H21N3O2S. The second kappa shape index (κ2) is 6.33. The van der Waals surface area contributed by atoms with Crippen LogP contribution in [0.15, 0.2) is 18.7 Å². The minimum atomic E-state index is -2.73. The number of hydrogen-bond donors (Lipinski definition) is 1. The van der Waals surface area contributed by atoms with Crippen LogP contribution in [0.3, 0.4) is 0 Å². The molecule has 5 nitrogen and oxygen atoms in total. The summed E-state index contributed by atoms with van der Waals surface area (Å²) in [6, 6.07) is 0.391. The minimum absolute atomic E-state index is 0.347. The molecule has 2 rings (SSSR count). The summed E-state index contributed by atoms with van der Waals surface area (Å²) in [5.41, 5.74) is 0. The summed E-state index contributed by atoms with van der Waals surface area (Å²) in [5.74, 6) is 0.694. The molecule has 2 heterocycles. The molecule has 0 atom stereocenters. The number of sulfone groups is 1. The molecule has 0 aliphatic carbocycles. The van der Waals surface area contributed by atoms with E-state index in [0.29, 0.717) is 17.5 Å². The number of unbranched alkanes of at least 4 members (excludes halogenated alkanes) is 1. The summed E-state index contributed by atoms with van der Waals surface area (Å²) in [4.78, 5) is 4.00. The van der Waals surface area contributed by atoms with E-state index in [2.05, 4.69) is 14.9 Å². The molecule has 102 valence electrons. The molecule has 1 saturated heterocycles. The standard InChI is InChI=1S/C12H21N3O2S/c16-18(17)9-3-12(4-10-18)14-5-1-2-7-15-8-6-13-11-15/h6,8,11-12,14H,1-5,7,9-10H2. The van der Waals surface area contributed by atoms with Gasteiger partial charge in [0.1, 0.15) is 9.84 Å². The normalized spacial score (nSPS) is 20.0. The van der Waals surface area contributed by atoms with Crippen molar-refractivity contribution in [1.82, 2.24) is 14.9 Å². The van der Waals surface area contributed by atoms with Crippen LogP contribution in [0.5, 0.6) is 0 Å². The zero-order chi connectivity index (χ0) is 12.8. The first kappa shape index (κ1) is 13.5. The zero-order valence-corrected chi connectivity index (χ0v) is 11.4. The molecule has 0 spiro atoms. The summed E-state index contributed by atoms with van der Waals surface area (Å²) >= 11 is 0. The van der Waals surface area contributed by atoms with Gasteiger partial charge in [-0.05, 0) is 32.2 Å². The first-order chi connectivity index (χ1) is 8.66. The molecule has 1 aliphatic heterocycles. The second-order valence-corrected chi connectivity index (χ2v) is 7.19. The van der Waals surface area contributed by atoms with Crippen molar-refractivity contribution in [2.75, 3.05) is 18.1 Å². The first-order valence-corrected chi connectivity index (χ1v) is 8.37. The van der Waals surface area contributed by atoms with Crippen LogP contribution < -0.4 is 5.32 Å². The van der Waals surface area contributed by atoms with Gasteiger partial charge in [0.25, 0.3) is 0 Å². The Labute approximate surface area is 109 Å². The predicted octanol–water partition coefficient (Wildman–Crippen LogP) is 0.830. The summed E-state index contributed by atoms with van der Waals surface area (Å²) < 4.78 is 24.6. The Bertz CT molecular complexity index is 428. The molecular weight excluding hydrogens is 250 g/mol. The van der Waals surface area contributed by atoms with E-state index in [1.54, 1.807) is 6.20 Å². The van der Waals surface area contributed by atoms with Crippen molar-refractivity contribution in [2.45, 2.75) is 38.3 Å². The van der Waals surface area contributed by atoms with Crippen LogP contribution in [0.1, 0.15) is 25.7 Å². The Morgan fingerprint density at radius 3 is 2.72 bits per heavy atom. The van der Waals surface area contributed by atoms with Gasteiger partial charge in [0.15, 0.2) is 0 Å². The molecule has 1 aromatic rings. The van der Waals surface area contributed by atoms with E-state index in [-0.39, 0.29) is 0 Å². The van der Waals surface area contributed by atoms with Crippen LogP contribution in [0.4, 0.5) is 0 Å². The van der Waals surface area contributed by atoms with Crippen LogP contribution in [0.25, 0.3) is 0 Å². The number of hydrogen-bond acceptors (Lipinski definition) is 4. The van der Waals surface area contributed by atoms with E-state index < -0.39 is 9.84 Å². The maximum Gasteiger partial charge on any atom is 0.150 e. The SMILES string of the molecule is O=S1(=O)CCC(NCCCCn2ccnc2)CC1. The average Bonchev–Trinajstić information content (AvgIpc) is 2.84. The Morgan fingerprint density at radius 1 is 1.28 bits per heavy atom. The second-order valence-electron chi connectivity index (χ2n) is 4.89. The zero-order valence-electron chi connectivity index (χ0n) is 10.6. The van der Waals surface area contributed by atoms with Crippen LogP contribution >= 0.6 is 0 Å². The van der Waals surface area contributed by atoms with E-state index in [9.17, 15) is 8.42 Å². The molecule has 1 N–H and O–H groups in total. The summed E-state index contributed by atoms with van der Waals surface area (Å²) in [6.07, 6.45) is 9.36. The van der Waals surface area contributed by atoms with Gasteiger partial charge in [-0.2, -0.15) is 0 Å². The fourth-order valence-electron chi connectivity index (χ4n) is 2.24. The number of imidazole rings is 1. The Hall–Kier alpha value is -0.880. The third-order valence-electron chi connectivity index (χ3n) is 3.39.